The third kappa shape index (κ3) is 2.17. The van der Waals surface area contributed by atoms with Crippen LogP contribution in [0.3, 0.4) is 0 Å². The third-order valence-electron chi connectivity index (χ3n) is 1.32. The molecule has 1 radical (unpaired) electrons. The summed E-state index contributed by atoms with van der Waals surface area (Å²) in [6.45, 7) is 0. The zero-order chi connectivity index (χ0) is 9.10. The summed E-state index contributed by atoms with van der Waals surface area (Å²) in [6, 6.07) is 7.04. The monoisotopic (exact) mass is 211 g/mol. The maximum absolute atomic E-state index is 5.71. The standard InChI is InChI=1S/C8H4ClN2OS/c9-6-1-3-7(4-2-6)12-8-11-10-5-13-8/h1-4H. The minimum atomic E-state index is 0.474. The molecule has 0 saturated heterocycles. The number of aromatic nitrogens is 2. The van der Waals surface area contributed by atoms with Gasteiger partial charge in [0.2, 0.25) is 0 Å². The van der Waals surface area contributed by atoms with Crippen LogP contribution in [0.5, 0.6) is 10.9 Å². The first-order valence-electron chi connectivity index (χ1n) is 3.47. The molecule has 0 atom stereocenters. The summed E-state index contributed by atoms with van der Waals surface area (Å²) in [5.74, 6) is 0.689. The Kier molecular flexibility index (Phi) is 2.42. The van der Waals surface area contributed by atoms with Crippen molar-refractivity contribution < 1.29 is 4.74 Å². The molecule has 0 bridgehead atoms. The predicted molar refractivity (Wildman–Crippen MR) is 50.3 cm³/mol. The summed E-state index contributed by atoms with van der Waals surface area (Å²) in [6.07, 6.45) is 0. The van der Waals surface area contributed by atoms with E-state index in [0.717, 1.165) is 0 Å². The molecule has 0 aliphatic carbocycles. The highest BCUT2D eigenvalue weighted by Gasteiger charge is 1.99. The quantitative estimate of drug-likeness (QED) is 0.766. The number of hydrogen-bond donors (Lipinski definition) is 0. The van der Waals surface area contributed by atoms with E-state index in [0.29, 0.717) is 16.0 Å². The molecule has 3 nitrogen and oxygen atoms in total. The Morgan fingerprint density at radius 2 is 2.08 bits per heavy atom. The molecule has 5 heteroatoms. The van der Waals surface area contributed by atoms with Gasteiger partial charge in [0.05, 0.1) is 0 Å². The first kappa shape index (κ1) is 8.47. The molecule has 1 aromatic carbocycles. The van der Waals surface area contributed by atoms with E-state index in [4.69, 9.17) is 16.3 Å². The topological polar surface area (TPSA) is 35.0 Å². The number of benzene rings is 1. The van der Waals surface area contributed by atoms with Gasteiger partial charge in [-0.1, -0.05) is 28.0 Å². The fraction of sp³-hybridized carbons (Fsp3) is 0. The first-order chi connectivity index (χ1) is 6.34. The lowest BCUT2D eigenvalue weighted by molar-refractivity contribution is 0.473. The molecule has 0 unspecified atom stereocenters. The van der Waals surface area contributed by atoms with Gasteiger partial charge in [-0.15, -0.1) is 5.10 Å². The minimum absolute atomic E-state index is 0.474. The molecular weight excluding hydrogens is 208 g/mol. The highest BCUT2D eigenvalue weighted by molar-refractivity contribution is 7.10. The second-order valence-corrected chi connectivity index (χ2v) is 3.39. The Morgan fingerprint density at radius 1 is 1.31 bits per heavy atom. The molecule has 2 aromatic rings. The molecule has 0 saturated carbocycles. The van der Waals surface area contributed by atoms with Crippen molar-refractivity contribution in [1.29, 1.82) is 0 Å². The maximum Gasteiger partial charge on any atom is 0.299 e. The van der Waals surface area contributed by atoms with Crippen molar-refractivity contribution in [3.05, 3.63) is 34.8 Å². The molecule has 0 amide bonds. The van der Waals surface area contributed by atoms with Gasteiger partial charge in [0.25, 0.3) is 5.19 Å². The highest BCUT2D eigenvalue weighted by Crippen LogP contribution is 2.23. The Balaban J connectivity index is 2.15. The van der Waals surface area contributed by atoms with Gasteiger partial charge < -0.3 is 4.74 Å². The van der Waals surface area contributed by atoms with E-state index in [9.17, 15) is 0 Å². The van der Waals surface area contributed by atoms with Gasteiger partial charge in [0, 0.05) is 5.02 Å². The van der Waals surface area contributed by atoms with Crippen LogP contribution in [0.1, 0.15) is 0 Å². The Bertz CT molecular complexity index is 374. The van der Waals surface area contributed by atoms with Crippen LogP contribution < -0.4 is 4.74 Å². The molecule has 0 spiro atoms. The van der Waals surface area contributed by atoms with Crippen LogP contribution in [0.25, 0.3) is 0 Å². The molecular formula is C8H4ClN2OS. The molecule has 2 rings (SSSR count). The maximum atomic E-state index is 5.71. The Hall–Kier alpha value is -1.13. The number of halogens is 1. The summed E-state index contributed by atoms with van der Waals surface area (Å²) in [4.78, 5) is 0. The van der Waals surface area contributed by atoms with Gasteiger partial charge in [-0.05, 0) is 24.3 Å². The van der Waals surface area contributed by atoms with Crippen LogP contribution >= 0.6 is 22.9 Å². The largest absolute Gasteiger partial charge is 0.430 e. The smallest absolute Gasteiger partial charge is 0.299 e. The van der Waals surface area contributed by atoms with Crippen LogP contribution in [-0.2, 0) is 0 Å². The van der Waals surface area contributed by atoms with Gasteiger partial charge in [-0.2, -0.15) is 0 Å². The van der Waals surface area contributed by atoms with E-state index in [-0.39, 0.29) is 0 Å². The van der Waals surface area contributed by atoms with E-state index in [1.165, 1.54) is 11.3 Å². The third-order valence-corrected chi connectivity index (χ3v) is 2.09. The van der Waals surface area contributed by atoms with Crippen molar-refractivity contribution in [2.45, 2.75) is 0 Å². The minimum Gasteiger partial charge on any atom is -0.430 e. The van der Waals surface area contributed by atoms with Crippen molar-refractivity contribution in [3.8, 4) is 10.9 Å². The van der Waals surface area contributed by atoms with Crippen LogP contribution in [0.4, 0.5) is 0 Å². The van der Waals surface area contributed by atoms with E-state index in [1.54, 1.807) is 24.3 Å². The molecule has 0 aliphatic heterocycles. The van der Waals surface area contributed by atoms with Gasteiger partial charge in [-0.3, -0.25) is 0 Å². The van der Waals surface area contributed by atoms with Crippen molar-refractivity contribution in [2.75, 3.05) is 0 Å². The average Bonchev–Trinajstić information content (AvgIpc) is 2.62. The fourth-order valence-corrected chi connectivity index (χ4v) is 1.29. The van der Waals surface area contributed by atoms with Crippen molar-refractivity contribution in [2.24, 2.45) is 0 Å². The van der Waals surface area contributed by atoms with Gasteiger partial charge in [0.1, 0.15) is 5.75 Å². The van der Waals surface area contributed by atoms with Gasteiger partial charge in [0.15, 0.2) is 5.51 Å². The zero-order valence-electron chi connectivity index (χ0n) is 6.40. The zero-order valence-corrected chi connectivity index (χ0v) is 7.97. The first-order valence-corrected chi connectivity index (χ1v) is 4.67. The molecule has 1 aromatic heterocycles. The number of ether oxygens (including phenoxy) is 1. The summed E-state index contributed by atoms with van der Waals surface area (Å²) < 4.78 is 5.33. The molecule has 0 aliphatic rings. The second-order valence-electron chi connectivity index (χ2n) is 2.22. The molecule has 0 fully saturated rings. The van der Waals surface area contributed by atoms with E-state index >= 15 is 0 Å². The Morgan fingerprint density at radius 3 is 2.69 bits per heavy atom. The van der Waals surface area contributed by atoms with E-state index in [1.807, 2.05) is 0 Å². The van der Waals surface area contributed by atoms with Crippen LogP contribution in [0.15, 0.2) is 24.3 Å². The normalized spacial score (nSPS) is 9.92. The number of rotatable bonds is 2. The summed E-state index contributed by atoms with van der Waals surface area (Å²) >= 11 is 6.93. The molecule has 13 heavy (non-hydrogen) atoms. The summed E-state index contributed by atoms with van der Waals surface area (Å²) in [5, 5.41) is 8.37. The average molecular weight is 212 g/mol. The van der Waals surface area contributed by atoms with Gasteiger partial charge in [-0.25, -0.2) is 0 Å². The lowest BCUT2D eigenvalue weighted by atomic mass is 10.3. The highest BCUT2D eigenvalue weighted by atomic mass is 35.5. The van der Waals surface area contributed by atoms with Crippen molar-refractivity contribution in [3.63, 3.8) is 0 Å². The second kappa shape index (κ2) is 3.72. The molecule has 65 valence electrons. The van der Waals surface area contributed by atoms with E-state index in [2.05, 4.69) is 15.7 Å². The molecule has 0 N–H and O–H groups in total. The SMILES string of the molecule is Clc1ccc(Oc2nn[c]s2)cc1. The van der Waals surface area contributed by atoms with Crippen LogP contribution in [0.2, 0.25) is 5.02 Å². The summed E-state index contributed by atoms with van der Waals surface area (Å²) in [5.41, 5.74) is 2.59. The predicted octanol–water partition coefficient (Wildman–Crippen LogP) is 2.78. The number of nitrogens with zero attached hydrogens (tertiary/aromatic N) is 2. The van der Waals surface area contributed by atoms with Crippen molar-refractivity contribution >= 4 is 22.9 Å². The van der Waals surface area contributed by atoms with Crippen LogP contribution in [-0.4, -0.2) is 10.2 Å². The van der Waals surface area contributed by atoms with Gasteiger partial charge >= 0.3 is 0 Å². The van der Waals surface area contributed by atoms with Crippen LogP contribution in [0, 0.1) is 5.51 Å². The lowest BCUT2D eigenvalue weighted by Crippen LogP contribution is -1.82. The Labute approximate surface area is 84.0 Å². The lowest BCUT2D eigenvalue weighted by Gasteiger charge is -1.99. The van der Waals surface area contributed by atoms with Crippen molar-refractivity contribution in [1.82, 2.24) is 10.2 Å². The summed E-state index contributed by atoms with van der Waals surface area (Å²) in [7, 11) is 0. The number of hydrogen-bond acceptors (Lipinski definition) is 4. The fourth-order valence-electron chi connectivity index (χ4n) is 0.786. The molecule has 1 heterocycles. The van der Waals surface area contributed by atoms with E-state index < -0.39 is 0 Å².